The lowest BCUT2D eigenvalue weighted by Gasteiger charge is -2.38. The zero-order chi connectivity index (χ0) is 22.4. The number of carbonyl (C=O) groups is 1. The molecule has 0 saturated carbocycles. The van der Waals surface area contributed by atoms with Crippen LogP contribution in [0.4, 0.5) is 4.39 Å². The van der Waals surface area contributed by atoms with Crippen LogP contribution in [-0.4, -0.2) is 25.7 Å². The van der Waals surface area contributed by atoms with Crippen LogP contribution in [0.25, 0.3) is 0 Å². The van der Waals surface area contributed by atoms with Gasteiger partial charge in [0.15, 0.2) is 0 Å². The van der Waals surface area contributed by atoms with E-state index in [4.69, 9.17) is 4.74 Å². The maximum Gasteiger partial charge on any atom is 0.252 e. The highest BCUT2D eigenvalue weighted by Crippen LogP contribution is 2.36. The summed E-state index contributed by atoms with van der Waals surface area (Å²) in [6.45, 7) is 1.54. The third kappa shape index (κ3) is 4.85. The summed E-state index contributed by atoms with van der Waals surface area (Å²) in [5, 5.41) is 12.5. The summed E-state index contributed by atoms with van der Waals surface area (Å²) in [6, 6.07) is 23.5. The van der Waals surface area contributed by atoms with Gasteiger partial charge in [-0.3, -0.25) is 4.79 Å². The fourth-order valence-electron chi connectivity index (χ4n) is 4.00. The molecule has 162 valence electrons. The minimum absolute atomic E-state index is 0.190. The first-order valence-corrected chi connectivity index (χ1v) is 11.3. The van der Waals surface area contributed by atoms with Crippen LogP contribution in [0.15, 0.2) is 82.6 Å². The molecule has 0 spiro atoms. The van der Waals surface area contributed by atoms with Gasteiger partial charge in [0.2, 0.25) is 0 Å². The topological polar surface area (TPSA) is 62.1 Å². The van der Waals surface area contributed by atoms with Gasteiger partial charge in [0.05, 0.1) is 11.1 Å². The average molecular weight is 447 g/mol. The van der Waals surface area contributed by atoms with Crippen molar-refractivity contribution in [3.05, 3.63) is 95.3 Å². The number of nitrogens with zero attached hydrogens (tertiary/aromatic N) is 1. The molecule has 1 heterocycles. The van der Waals surface area contributed by atoms with Crippen molar-refractivity contribution in [2.75, 3.05) is 19.8 Å². The van der Waals surface area contributed by atoms with Crippen molar-refractivity contribution >= 4 is 17.7 Å². The van der Waals surface area contributed by atoms with E-state index in [0.717, 1.165) is 15.4 Å². The second kappa shape index (κ2) is 9.99. The van der Waals surface area contributed by atoms with E-state index in [2.05, 4.69) is 11.4 Å². The lowest BCUT2D eigenvalue weighted by atomic mass is 9.74. The van der Waals surface area contributed by atoms with Crippen LogP contribution in [0, 0.1) is 17.1 Å². The van der Waals surface area contributed by atoms with Crippen molar-refractivity contribution < 1.29 is 13.9 Å². The summed E-state index contributed by atoms with van der Waals surface area (Å²) >= 11 is 1.40. The van der Waals surface area contributed by atoms with Crippen LogP contribution in [0.3, 0.4) is 0 Å². The van der Waals surface area contributed by atoms with Crippen molar-refractivity contribution in [1.29, 1.82) is 5.26 Å². The first-order valence-electron chi connectivity index (χ1n) is 10.5. The molecule has 32 heavy (non-hydrogen) atoms. The Bertz CT molecular complexity index is 1150. The molecule has 1 saturated heterocycles. The molecule has 4 nitrogen and oxygen atoms in total. The van der Waals surface area contributed by atoms with Gasteiger partial charge in [0.1, 0.15) is 11.9 Å². The number of hydrogen-bond donors (Lipinski definition) is 1. The Labute approximate surface area is 191 Å². The molecule has 0 radical (unpaired) electrons. The van der Waals surface area contributed by atoms with E-state index in [9.17, 15) is 14.4 Å². The molecule has 0 unspecified atom stereocenters. The van der Waals surface area contributed by atoms with Crippen LogP contribution < -0.4 is 5.32 Å². The molecule has 6 heteroatoms. The van der Waals surface area contributed by atoms with Gasteiger partial charge in [0.25, 0.3) is 5.91 Å². The summed E-state index contributed by atoms with van der Waals surface area (Å²) in [7, 11) is 0. The van der Waals surface area contributed by atoms with Crippen LogP contribution in [0.1, 0.15) is 34.3 Å². The maximum absolute atomic E-state index is 13.9. The molecular formula is C26H23FN2O2S. The standard InChI is InChI=1S/C26H23FN2O2S/c27-21-8-5-7-20(16-21)26(12-14-31-15-13-26)18-29-25(30)22-9-2-4-11-24(22)32-23-10-3-1-6-19(23)17-28/h1-11,16H,12-15,18H2,(H,29,30). The largest absolute Gasteiger partial charge is 0.381 e. The zero-order valence-electron chi connectivity index (χ0n) is 17.5. The number of ether oxygens (including phenoxy) is 1. The van der Waals surface area contributed by atoms with E-state index in [0.29, 0.717) is 43.7 Å². The number of rotatable bonds is 6. The smallest absolute Gasteiger partial charge is 0.252 e. The average Bonchev–Trinajstić information content (AvgIpc) is 2.84. The lowest BCUT2D eigenvalue weighted by Crippen LogP contribution is -2.44. The summed E-state index contributed by atoms with van der Waals surface area (Å²) in [4.78, 5) is 14.8. The number of carbonyl (C=O) groups excluding carboxylic acids is 1. The van der Waals surface area contributed by atoms with Gasteiger partial charge in [0, 0.05) is 35.0 Å². The zero-order valence-corrected chi connectivity index (χ0v) is 18.3. The number of nitriles is 1. The normalized spacial score (nSPS) is 15.0. The second-order valence-corrected chi connectivity index (χ2v) is 8.88. The molecule has 3 aromatic carbocycles. The van der Waals surface area contributed by atoms with E-state index >= 15 is 0 Å². The summed E-state index contributed by atoms with van der Waals surface area (Å²) in [5.41, 5.74) is 1.63. The number of nitrogens with one attached hydrogen (secondary N) is 1. The van der Waals surface area contributed by atoms with E-state index in [1.165, 1.54) is 17.8 Å². The highest BCUT2D eigenvalue weighted by Gasteiger charge is 2.35. The molecule has 1 amide bonds. The first kappa shape index (κ1) is 22.1. The highest BCUT2D eigenvalue weighted by atomic mass is 32.2. The van der Waals surface area contributed by atoms with Gasteiger partial charge in [-0.1, -0.05) is 48.2 Å². The SMILES string of the molecule is N#Cc1ccccc1Sc1ccccc1C(=O)NCC1(c2cccc(F)c2)CCOCC1. The predicted molar refractivity (Wildman–Crippen MR) is 122 cm³/mol. The molecular weight excluding hydrogens is 423 g/mol. The van der Waals surface area contributed by atoms with Crippen LogP contribution >= 0.6 is 11.8 Å². The number of benzene rings is 3. The van der Waals surface area contributed by atoms with Crippen LogP contribution in [0.2, 0.25) is 0 Å². The quantitative estimate of drug-likeness (QED) is 0.556. The molecule has 1 aliphatic heterocycles. The molecule has 1 N–H and O–H groups in total. The molecule has 1 aliphatic rings. The Balaban J connectivity index is 1.56. The number of halogens is 1. The van der Waals surface area contributed by atoms with Gasteiger partial charge >= 0.3 is 0 Å². The van der Waals surface area contributed by atoms with Gasteiger partial charge in [-0.2, -0.15) is 5.26 Å². The molecule has 0 bridgehead atoms. The summed E-state index contributed by atoms with van der Waals surface area (Å²) in [6.07, 6.45) is 1.42. The van der Waals surface area contributed by atoms with E-state index < -0.39 is 0 Å². The van der Waals surface area contributed by atoms with E-state index in [1.54, 1.807) is 24.3 Å². The molecule has 0 atom stereocenters. The Hall–Kier alpha value is -3.14. The molecule has 0 aromatic heterocycles. The van der Waals surface area contributed by atoms with Gasteiger partial charge < -0.3 is 10.1 Å². The molecule has 0 aliphatic carbocycles. The minimum atomic E-state index is -0.370. The predicted octanol–water partition coefficient (Wildman–Crippen LogP) is 5.33. The Kier molecular flexibility index (Phi) is 6.89. The first-order chi connectivity index (χ1) is 15.6. The van der Waals surface area contributed by atoms with Gasteiger partial charge in [-0.15, -0.1) is 0 Å². The fourth-order valence-corrected chi connectivity index (χ4v) is 5.03. The fraction of sp³-hybridized carbons (Fsp3) is 0.231. The number of amides is 1. The second-order valence-electron chi connectivity index (χ2n) is 7.79. The summed E-state index contributed by atoms with van der Waals surface area (Å²) in [5.74, 6) is -0.470. The van der Waals surface area contributed by atoms with Crippen molar-refractivity contribution in [1.82, 2.24) is 5.32 Å². The molecule has 3 aromatic rings. The molecule has 4 rings (SSSR count). The third-order valence-electron chi connectivity index (χ3n) is 5.83. The third-order valence-corrected chi connectivity index (χ3v) is 6.99. The monoisotopic (exact) mass is 446 g/mol. The highest BCUT2D eigenvalue weighted by molar-refractivity contribution is 7.99. The van der Waals surface area contributed by atoms with Crippen LogP contribution in [-0.2, 0) is 10.2 Å². The van der Waals surface area contributed by atoms with Crippen molar-refractivity contribution in [3.63, 3.8) is 0 Å². The Morgan fingerprint density at radius 1 is 1.03 bits per heavy atom. The minimum Gasteiger partial charge on any atom is -0.381 e. The Morgan fingerprint density at radius 2 is 1.75 bits per heavy atom. The van der Waals surface area contributed by atoms with Crippen molar-refractivity contribution in [2.45, 2.75) is 28.0 Å². The van der Waals surface area contributed by atoms with Crippen molar-refractivity contribution in [3.8, 4) is 6.07 Å². The van der Waals surface area contributed by atoms with Crippen molar-refractivity contribution in [2.24, 2.45) is 0 Å². The van der Waals surface area contributed by atoms with Gasteiger partial charge in [-0.25, -0.2) is 4.39 Å². The lowest BCUT2D eigenvalue weighted by molar-refractivity contribution is 0.0486. The Morgan fingerprint density at radius 3 is 2.50 bits per heavy atom. The summed E-state index contributed by atoms with van der Waals surface area (Å²) < 4.78 is 19.5. The molecule has 1 fully saturated rings. The number of hydrogen-bond acceptors (Lipinski definition) is 4. The van der Waals surface area contributed by atoms with E-state index in [-0.39, 0.29) is 17.1 Å². The maximum atomic E-state index is 13.9. The van der Waals surface area contributed by atoms with E-state index in [1.807, 2.05) is 42.5 Å². The van der Waals surface area contributed by atoms with Crippen LogP contribution in [0.5, 0.6) is 0 Å². The van der Waals surface area contributed by atoms with Gasteiger partial charge in [-0.05, 0) is 54.8 Å².